The summed E-state index contributed by atoms with van der Waals surface area (Å²) in [4.78, 5) is 12.6. The summed E-state index contributed by atoms with van der Waals surface area (Å²) in [6, 6.07) is 9.70. The summed E-state index contributed by atoms with van der Waals surface area (Å²) in [7, 11) is 0. The number of hydrogen-bond acceptors (Lipinski definition) is 3. The molecule has 4 nitrogen and oxygen atoms in total. The van der Waals surface area contributed by atoms with Crippen molar-refractivity contribution in [1.29, 1.82) is 0 Å². The molecule has 0 fully saturated rings. The predicted molar refractivity (Wildman–Crippen MR) is 118 cm³/mol. The number of rotatable bonds is 5. The lowest BCUT2D eigenvalue weighted by Crippen LogP contribution is -2.10. The first-order valence-electron chi connectivity index (χ1n) is 9.22. The highest BCUT2D eigenvalue weighted by Crippen LogP contribution is 2.35. The molecule has 5 heteroatoms. The summed E-state index contributed by atoms with van der Waals surface area (Å²) in [5.74, 6) is 1.43. The van der Waals surface area contributed by atoms with Gasteiger partial charge in [-0.1, -0.05) is 15.9 Å². The lowest BCUT2D eigenvalue weighted by atomic mass is 10.0. The number of hydrogen-bond donors (Lipinski definition) is 1. The van der Waals surface area contributed by atoms with Gasteiger partial charge < -0.3 is 14.5 Å². The van der Waals surface area contributed by atoms with E-state index in [1.165, 1.54) is 0 Å². The fraction of sp³-hybridized carbons (Fsp3) is 0.261. The number of benzene rings is 2. The first-order chi connectivity index (χ1) is 13.3. The molecule has 2 aromatic carbocycles. The van der Waals surface area contributed by atoms with Crippen molar-refractivity contribution in [2.45, 2.75) is 34.6 Å². The van der Waals surface area contributed by atoms with Crippen molar-refractivity contribution in [3.63, 3.8) is 0 Å². The molecule has 0 aliphatic carbocycles. The lowest BCUT2D eigenvalue weighted by Gasteiger charge is -2.12. The Morgan fingerprint density at radius 2 is 1.96 bits per heavy atom. The fourth-order valence-electron chi connectivity index (χ4n) is 3.16. The zero-order chi connectivity index (χ0) is 20.4. The van der Waals surface area contributed by atoms with Crippen LogP contribution in [0.25, 0.3) is 16.5 Å². The van der Waals surface area contributed by atoms with Crippen LogP contribution < -0.4 is 10.1 Å². The van der Waals surface area contributed by atoms with E-state index in [1.54, 1.807) is 6.08 Å². The summed E-state index contributed by atoms with van der Waals surface area (Å²) in [6.07, 6.45) is 1.60. The van der Waals surface area contributed by atoms with E-state index in [1.807, 2.05) is 65.0 Å². The minimum atomic E-state index is -0.175. The Hall–Kier alpha value is -2.53. The van der Waals surface area contributed by atoms with Crippen molar-refractivity contribution < 1.29 is 13.9 Å². The van der Waals surface area contributed by atoms with Crippen LogP contribution in [0.4, 0.5) is 5.69 Å². The average molecular weight is 442 g/mol. The molecule has 1 N–H and O–H groups in total. The van der Waals surface area contributed by atoms with Gasteiger partial charge in [0, 0.05) is 33.3 Å². The molecular weight excluding hydrogens is 418 g/mol. The minimum Gasteiger partial charge on any atom is -0.493 e. The van der Waals surface area contributed by atoms with E-state index in [4.69, 9.17) is 9.15 Å². The number of allylic oxidation sites excluding steroid dienone is 1. The van der Waals surface area contributed by atoms with Gasteiger partial charge in [-0.15, -0.1) is 0 Å². The van der Waals surface area contributed by atoms with Crippen LogP contribution in [0, 0.1) is 20.8 Å². The first-order valence-corrected chi connectivity index (χ1v) is 10.0. The number of aryl methyl sites for hydroxylation is 3. The highest BCUT2D eigenvalue weighted by molar-refractivity contribution is 9.10. The van der Waals surface area contributed by atoms with Crippen LogP contribution in [0.15, 0.2) is 45.3 Å². The molecule has 28 heavy (non-hydrogen) atoms. The quantitative estimate of drug-likeness (QED) is 0.455. The van der Waals surface area contributed by atoms with E-state index in [9.17, 15) is 4.79 Å². The molecule has 0 aliphatic heterocycles. The molecule has 3 rings (SSSR count). The monoisotopic (exact) mass is 441 g/mol. The molecule has 0 saturated heterocycles. The molecule has 0 radical (unpaired) electrons. The van der Waals surface area contributed by atoms with Crippen molar-refractivity contribution in [2.24, 2.45) is 0 Å². The highest BCUT2D eigenvalue weighted by Gasteiger charge is 2.15. The van der Waals surface area contributed by atoms with Crippen molar-refractivity contribution in [1.82, 2.24) is 0 Å². The Kier molecular flexibility index (Phi) is 5.94. The molecular formula is C23H24BrNO3. The Balaban J connectivity index is 1.96. The van der Waals surface area contributed by atoms with E-state index in [0.717, 1.165) is 49.2 Å². The smallest absolute Gasteiger partial charge is 0.248 e. The molecule has 3 aromatic rings. The number of ether oxygens (including phenoxy) is 1. The number of anilines is 1. The van der Waals surface area contributed by atoms with E-state index in [-0.39, 0.29) is 5.91 Å². The zero-order valence-electron chi connectivity index (χ0n) is 16.8. The van der Waals surface area contributed by atoms with E-state index in [0.29, 0.717) is 12.4 Å². The predicted octanol–water partition coefficient (Wildman–Crippen LogP) is 6.56. The van der Waals surface area contributed by atoms with Crippen molar-refractivity contribution >= 4 is 44.1 Å². The SMILES string of the molecule is CCOc1cc2oc(C)c(C)c2cc1/C(C)=C/C(=O)Nc1ccc(Br)cc1C. The first kappa shape index (κ1) is 20.2. The summed E-state index contributed by atoms with van der Waals surface area (Å²) < 4.78 is 12.6. The molecule has 0 saturated carbocycles. The van der Waals surface area contributed by atoms with Gasteiger partial charge >= 0.3 is 0 Å². The molecule has 1 heterocycles. The van der Waals surface area contributed by atoms with E-state index in [2.05, 4.69) is 21.2 Å². The van der Waals surface area contributed by atoms with Crippen LogP contribution >= 0.6 is 15.9 Å². The third-order valence-electron chi connectivity index (χ3n) is 4.80. The maximum absolute atomic E-state index is 12.6. The van der Waals surface area contributed by atoms with Gasteiger partial charge in [0.1, 0.15) is 17.1 Å². The van der Waals surface area contributed by atoms with Gasteiger partial charge in [0.05, 0.1) is 6.61 Å². The number of amides is 1. The third kappa shape index (κ3) is 4.14. The molecule has 146 valence electrons. The Labute approximate surface area is 173 Å². The van der Waals surface area contributed by atoms with Crippen molar-refractivity contribution in [3.8, 4) is 5.75 Å². The van der Waals surface area contributed by atoms with Crippen LogP contribution in [0.3, 0.4) is 0 Å². The maximum Gasteiger partial charge on any atom is 0.248 e. The number of carbonyl (C=O) groups is 1. The largest absolute Gasteiger partial charge is 0.493 e. The second kappa shape index (κ2) is 8.23. The number of carbonyl (C=O) groups excluding carboxylic acids is 1. The summed E-state index contributed by atoms with van der Waals surface area (Å²) >= 11 is 3.44. The van der Waals surface area contributed by atoms with E-state index < -0.39 is 0 Å². The van der Waals surface area contributed by atoms with Gasteiger partial charge in [-0.05, 0) is 75.6 Å². The van der Waals surface area contributed by atoms with Gasteiger partial charge in [-0.2, -0.15) is 0 Å². The van der Waals surface area contributed by atoms with Gasteiger partial charge in [-0.3, -0.25) is 4.79 Å². The molecule has 0 atom stereocenters. The Morgan fingerprint density at radius 3 is 2.64 bits per heavy atom. The number of fused-ring (bicyclic) bond motifs is 1. The van der Waals surface area contributed by atoms with Crippen LogP contribution in [-0.2, 0) is 4.79 Å². The standard InChI is InChI=1S/C23H24BrNO3/c1-6-27-21-12-22-19(15(4)16(5)28-22)11-18(21)13(2)10-23(26)25-20-8-7-17(24)9-14(20)3/h7-12H,6H2,1-5H3,(H,25,26)/b13-10+. The number of furan rings is 1. The van der Waals surface area contributed by atoms with Crippen molar-refractivity contribution in [3.05, 3.63) is 63.3 Å². The average Bonchev–Trinajstić information content (AvgIpc) is 2.90. The van der Waals surface area contributed by atoms with Crippen LogP contribution in [0.1, 0.15) is 36.3 Å². The summed E-state index contributed by atoms with van der Waals surface area (Å²) in [6.45, 7) is 10.3. The Bertz CT molecular complexity index is 1080. The van der Waals surface area contributed by atoms with Crippen molar-refractivity contribution in [2.75, 3.05) is 11.9 Å². The van der Waals surface area contributed by atoms with Gasteiger partial charge in [0.2, 0.25) is 5.91 Å². The van der Waals surface area contributed by atoms with Crippen LogP contribution in [-0.4, -0.2) is 12.5 Å². The molecule has 0 spiro atoms. The van der Waals surface area contributed by atoms with Crippen LogP contribution in [0.2, 0.25) is 0 Å². The normalized spacial score (nSPS) is 11.7. The zero-order valence-corrected chi connectivity index (χ0v) is 18.4. The molecule has 0 unspecified atom stereocenters. The molecule has 0 bridgehead atoms. The van der Waals surface area contributed by atoms with E-state index >= 15 is 0 Å². The van der Waals surface area contributed by atoms with Gasteiger partial charge in [-0.25, -0.2) is 0 Å². The minimum absolute atomic E-state index is 0.175. The summed E-state index contributed by atoms with van der Waals surface area (Å²) in [5.41, 5.74) is 5.40. The van der Waals surface area contributed by atoms with Gasteiger partial charge in [0.25, 0.3) is 0 Å². The number of halogens is 1. The molecule has 1 amide bonds. The third-order valence-corrected chi connectivity index (χ3v) is 5.29. The topological polar surface area (TPSA) is 51.5 Å². The van der Waals surface area contributed by atoms with Crippen LogP contribution in [0.5, 0.6) is 5.75 Å². The Morgan fingerprint density at radius 1 is 1.21 bits per heavy atom. The maximum atomic E-state index is 12.6. The summed E-state index contributed by atoms with van der Waals surface area (Å²) in [5, 5.41) is 3.98. The second-order valence-corrected chi connectivity index (χ2v) is 7.75. The fourth-order valence-corrected chi connectivity index (χ4v) is 3.64. The molecule has 1 aromatic heterocycles. The number of nitrogens with one attached hydrogen (secondary N) is 1. The molecule has 0 aliphatic rings. The van der Waals surface area contributed by atoms with Gasteiger partial charge in [0.15, 0.2) is 0 Å². The lowest BCUT2D eigenvalue weighted by molar-refractivity contribution is -0.111. The highest BCUT2D eigenvalue weighted by atomic mass is 79.9. The second-order valence-electron chi connectivity index (χ2n) is 6.84.